The van der Waals surface area contributed by atoms with Crippen molar-refractivity contribution in [3.63, 3.8) is 0 Å². The molecule has 0 radical (unpaired) electrons. The van der Waals surface area contributed by atoms with Gasteiger partial charge in [-0.3, -0.25) is 19.6 Å². The van der Waals surface area contributed by atoms with E-state index in [0.717, 1.165) is 87.0 Å². The fourth-order valence-corrected chi connectivity index (χ4v) is 20.4. The average Bonchev–Trinajstić information content (AvgIpc) is 4.03. The van der Waals surface area contributed by atoms with Crippen LogP contribution in [0.4, 0.5) is 0 Å². The number of carbonyl (C=O) groups excluding carboxylic acids is 2. The summed E-state index contributed by atoms with van der Waals surface area (Å²) in [5.74, 6) is -0.206. The fraction of sp³-hybridized carbons (Fsp3) is 0.889. The Morgan fingerprint density at radius 2 is 1.02 bits per heavy atom. The van der Waals surface area contributed by atoms with Crippen LogP contribution < -0.4 is 0 Å². The van der Waals surface area contributed by atoms with Gasteiger partial charge in [0, 0.05) is 49.4 Å². The van der Waals surface area contributed by atoms with Crippen LogP contribution in [-0.2, 0) is 54.2 Å². The number of carbonyl (C=O) groups is 2. The molecular weight excluding hydrogens is 821 g/mol. The van der Waals surface area contributed by atoms with Crippen molar-refractivity contribution in [2.75, 3.05) is 6.61 Å². The summed E-state index contributed by atoms with van der Waals surface area (Å²) >= 11 is 0. The lowest BCUT2D eigenvalue weighted by Gasteiger charge is -2.56. The van der Waals surface area contributed by atoms with E-state index in [0.29, 0.717) is 50.4 Å². The molecule has 4 aliphatic heterocycles. The van der Waals surface area contributed by atoms with E-state index in [4.69, 9.17) is 28.9 Å². The van der Waals surface area contributed by atoms with Gasteiger partial charge in [-0.15, -0.1) is 0 Å². The predicted molar refractivity (Wildman–Crippen MR) is 238 cm³/mol. The monoisotopic (exact) mass is 897 g/mol. The Morgan fingerprint density at radius 1 is 0.554 bits per heavy atom. The van der Waals surface area contributed by atoms with E-state index in [1.807, 2.05) is 20.8 Å². The van der Waals surface area contributed by atoms with Gasteiger partial charge in [0.15, 0.2) is 11.6 Å². The molecule has 11 heteroatoms. The molecule has 4 saturated heterocycles. The Morgan fingerprint density at radius 3 is 1.45 bits per heavy atom. The minimum atomic E-state index is -1.23. The molecular formula is C54H76N2O9. The van der Waals surface area contributed by atoms with Gasteiger partial charge in [-0.2, -0.15) is 0 Å². The van der Waals surface area contributed by atoms with E-state index in [1.54, 1.807) is 0 Å². The summed E-state index contributed by atoms with van der Waals surface area (Å²) in [7, 11) is 0. The maximum Gasteiger partial charge on any atom is 0.172 e. The Kier molecular flexibility index (Phi) is 8.45. The third kappa shape index (κ3) is 5.04. The maximum atomic E-state index is 14.8. The van der Waals surface area contributed by atoms with Crippen LogP contribution in [-0.4, -0.2) is 89.6 Å². The fourth-order valence-electron chi connectivity index (χ4n) is 20.4. The van der Waals surface area contributed by atoms with Crippen molar-refractivity contribution in [1.82, 2.24) is 9.97 Å². The third-order valence-electron chi connectivity index (χ3n) is 23.7. The van der Waals surface area contributed by atoms with Crippen LogP contribution in [0.25, 0.3) is 0 Å². The largest absolute Gasteiger partial charge is 0.389 e. The van der Waals surface area contributed by atoms with Gasteiger partial charge in [-0.1, -0.05) is 27.7 Å². The number of Topliss-reactive ketones (excluding diaryl/α,β-unsaturated/α-hetero) is 2. The highest BCUT2D eigenvalue weighted by Gasteiger charge is 2.80. The van der Waals surface area contributed by atoms with Gasteiger partial charge in [0.05, 0.1) is 74.8 Å². The zero-order valence-corrected chi connectivity index (χ0v) is 40.6. The normalized spacial score (nSPS) is 58.8. The zero-order chi connectivity index (χ0) is 45.7. The minimum Gasteiger partial charge on any atom is -0.389 e. The van der Waals surface area contributed by atoms with E-state index in [1.165, 1.54) is 0 Å². The number of rotatable bonds is 0. The second kappa shape index (κ2) is 12.7. The first-order valence-electron chi connectivity index (χ1n) is 26.2. The second-order valence-corrected chi connectivity index (χ2v) is 26.9. The van der Waals surface area contributed by atoms with Crippen LogP contribution in [0.3, 0.4) is 0 Å². The first kappa shape index (κ1) is 43.2. The quantitative estimate of drug-likeness (QED) is 0.245. The number of hydrogen-bond donors (Lipinski definition) is 3. The Bertz CT molecular complexity index is 2280. The molecule has 4 spiro atoms. The van der Waals surface area contributed by atoms with Crippen LogP contribution in [0.15, 0.2) is 0 Å². The number of fused-ring (bicyclic) bond motifs is 12. The van der Waals surface area contributed by atoms with E-state index in [-0.39, 0.29) is 94.2 Å². The van der Waals surface area contributed by atoms with E-state index < -0.39 is 39.2 Å². The minimum absolute atomic E-state index is 0.000951. The first-order chi connectivity index (χ1) is 30.4. The summed E-state index contributed by atoms with van der Waals surface area (Å²) in [6, 6.07) is 0. The molecule has 0 amide bonds. The lowest BCUT2D eigenvalue weighted by atomic mass is 9.49. The summed E-state index contributed by atoms with van der Waals surface area (Å²) in [5.41, 5.74) is -0.958. The number of nitrogens with zero attached hydrogens (tertiary/aromatic N) is 2. The second-order valence-electron chi connectivity index (χ2n) is 26.9. The van der Waals surface area contributed by atoms with Crippen molar-refractivity contribution in [2.24, 2.45) is 80.8 Å². The maximum absolute atomic E-state index is 14.8. The highest BCUT2D eigenvalue weighted by molar-refractivity contribution is 5.91. The summed E-state index contributed by atoms with van der Waals surface area (Å²) in [5, 5.41) is 36.5. The number of ketones is 2. The molecule has 1 aromatic rings. The predicted octanol–water partition coefficient (Wildman–Crippen LogP) is 7.04. The van der Waals surface area contributed by atoms with Gasteiger partial charge in [-0.25, -0.2) is 0 Å². The van der Waals surface area contributed by atoms with Crippen LogP contribution in [0.1, 0.15) is 162 Å². The molecule has 65 heavy (non-hydrogen) atoms. The van der Waals surface area contributed by atoms with E-state index in [2.05, 4.69) is 41.5 Å². The SMILES string of the molecule is CC1C2C(CC3(C(=O)CC4C3CCC3Cc5nc6c(nc5CC34C)CC3CCC4C(CC(=O)C45CC4OC7(CCC(C)(C)O7)C(C)C4C5(C)O)C3(C)C6)C2(C)O)OC12CCC(C)(O)CO2. The van der Waals surface area contributed by atoms with Crippen LogP contribution >= 0.6 is 0 Å². The Labute approximate surface area is 385 Å². The molecule has 10 fully saturated rings. The smallest absolute Gasteiger partial charge is 0.172 e. The molecule has 0 bridgehead atoms. The topological polar surface area (TPSA) is 158 Å². The average molecular weight is 897 g/mol. The Hall–Kier alpha value is -1.86. The van der Waals surface area contributed by atoms with Crippen molar-refractivity contribution in [3.8, 4) is 0 Å². The molecule has 21 atom stereocenters. The highest BCUT2D eigenvalue weighted by atomic mass is 16.7. The number of aliphatic hydroxyl groups is 3. The summed E-state index contributed by atoms with van der Waals surface area (Å²) in [6.07, 6.45) is 11.8. The van der Waals surface area contributed by atoms with Crippen molar-refractivity contribution in [1.29, 1.82) is 0 Å². The van der Waals surface area contributed by atoms with Crippen LogP contribution in [0, 0.1) is 80.8 Å². The zero-order valence-electron chi connectivity index (χ0n) is 40.6. The van der Waals surface area contributed by atoms with Crippen molar-refractivity contribution < 1.29 is 43.9 Å². The van der Waals surface area contributed by atoms with Gasteiger partial charge in [-0.05, 0) is 158 Å². The van der Waals surface area contributed by atoms with Gasteiger partial charge < -0.3 is 34.3 Å². The summed E-state index contributed by atoms with van der Waals surface area (Å²) < 4.78 is 26.7. The molecule has 12 aliphatic rings. The number of ether oxygens (including phenoxy) is 4. The van der Waals surface area contributed by atoms with Gasteiger partial charge in [0.25, 0.3) is 0 Å². The standard InChI is InChI=1S/C54H76N2O9/c1-27-43-39(63-53(27)17-15-46(5,59)26-62-53)24-51(49(43,8)60)31-12-10-29-18-35-37(22-47(29,6)33(31)20-41(51)57)55-36-19-30-11-13-32-34(48(30,7)23-38(36)56-35)21-42(58)52(32)25-40-44(50(52,9)61)28(2)54(64-40)16-14-45(3,4)65-54/h27-34,39-40,43-44,59-61H,10-26H2,1-9H3. The molecule has 13 rings (SSSR count). The van der Waals surface area contributed by atoms with Crippen molar-refractivity contribution in [3.05, 3.63) is 22.8 Å². The molecule has 6 saturated carbocycles. The van der Waals surface area contributed by atoms with E-state index >= 15 is 0 Å². The molecule has 356 valence electrons. The summed E-state index contributed by atoms with van der Waals surface area (Å²) in [6.45, 7) is 19.4. The number of hydrogen-bond acceptors (Lipinski definition) is 11. The van der Waals surface area contributed by atoms with Gasteiger partial charge in [0.2, 0.25) is 0 Å². The molecule has 11 nitrogen and oxygen atoms in total. The molecule has 8 aliphatic carbocycles. The molecule has 0 aromatic carbocycles. The Balaban J connectivity index is 0.756. The van der Waals surface area contributed by atoms with Gasteiger partial charge >= 0.3 is 0 Å². The lowest BCUT2D eigenvalue weighted by Crippen LogP contribution is -2.58. The van der Waals surface area contributed by atoms with Gasteiger partial charge in [0.1, 0.15) is 11.6 Å². The number of aromatic nitrogens is 2. The first-order valence-corrected chi connectivity index (χ1v) is 26.2. The third-order valence-corrected chi connectivity index (χ3v) is 23.7. The summed E-state index contributed by atoms with van der Waals surface area (Å²) in [4.78, 5) is 40.7. The molecule has 3 N–H and O–H groups in total. The molecule has 5 heterocycles. The van der Waals surface area contributed by atoms with Crippen LogP contribution in [0.5, 0.6) is 0 Å². The van der Waals surface area contributed by atoms with Crippen molar-refractivity contribution >= 4 is 11.6 Å². The molecule has 21 unspecified atom stereocenters. The van der Waals surface area contributed by atoms with Crippen LogP contribution in [0.2, 0.25) is 0 Å². The molecule has 1 aromatic heterocycles. The van der Waals surface area contributed by atoms with E-state index in [9.17, 15) is 24.9 Å². The lowest BCUT2D eigenvalue weighted by molar-refractivity contribution is -0.295. The highest BCUT2D eigenvalue weighted by Crippen LogP contribution is 2.75. The van der Waals surface area contributed by atoms with Crippen molar-refractivity contribution in [2.45, 2.75) is 211 Å².